The lowest BCUT2D eigenvalue weighted by atomic mass is 9.88. The van der Waals surface area contributed by atoms with E-state index in [2.05, 4.69) is 35.4 Å². The predicted molar refractivity (Wildman–Crippen MR) is 139 cm³/mol. The Morgan fingerprint density at radius 3 is 2.60 bits per heavy atom. The van der Waals surface area contributed by atoms with Gasteiger partial charge in [-0.2, -0.15) is 0 Å². The number of fused-ring (bicyclic) bond motifs is 1. The lowest BCUT2D eigenvalue weighted by Crippen LogP contribution is -2.42. The quantitative estimate of drug-likeness (QED) is 0.534. The molecule has 1 aromatic heterocycles. The number of nitrogens with zero attached hydrogens (tertiary/aromatic N) is 3. The molecule has 2 amide bonds. The second kappa shape index (κ2) is 11.7. The summed E-state index contributed by atoms with van der Waals surface area (Å²) in [5, 5.41) is 3.51. The number of aryl methyl sites for hydroxylation is 1. The topological polar surface area (TPSA) is 91.6 Å². The molecule has 2 aromatic rings. The van der Waals surface area contributed by atoms with E-state index >= 15 is 0 Å². The number of anilines is 1. The van der Waals surface area contributed by atoms with Crippen LogP contribution in [0.1, 0.15) is 78.9 Å². The van der Waals surface area contributed by atoms with E-state index in [1.165, 1.54) is 11.1 Å². The zero-order valence-corrected chi connectivity index (χ0v) is 21.1. The summed E-state index contributed by atoms with van der Waals surface area (Å²) >= 11 is 0. The van der Waals surface area contributed by atoms with Gasteiger partial charge in [-0.3, -0.25) is 9.59 Å². The van der Waals surface area contributed by atoms with Crippen LogP contribution in [0.4, 0.5) is 5.82 Å². The van der Waals surface area contributed by atoms with Gasteiger partial charge in [0.15, 0.2) is 0 Å². The molecule has 3 N–H and O–H groups in total. The number of hydrogen-bond acceptors (Lipinski definition) is 5. The Kier molecular flexibility index (Phi) is 8.39. The number of carbonyl (C=O) groups excluding carboxylic acids is 2. The largest absolute Gasteiger partial charge is 0.367 e. The van der Waals surface area contributed by atoms with Crippen LogP contribution >= 0.6 is 0 Å². The Hall–Kier alpha value is -2.93. The minimum Gasteiger partial charge on any atom is -0.367 e. The van der Waals surface area contributed by atoms with Crippen LogP contribution in [0.25, 0.3) is 0 Å². The maximum Gasteiger partial charge on any atom is 0.254 e. The Balaban J connectivity index is 1.37. The number of hydrogen-bond donors (Lipinski definition) is 2. The van der Waals surface area contributed by atoms with Gasteiger partial charge in [-0.05, 0) is 61.3 Å². The molecule has 7 heteroatoms. The number of pyridine rings is 1. The van der Waals surface area contributed by atoms with Crippen LogP contribution in [0, 0.1) is 0 Å². The third kappa shape index (κ3) is 6.01. The predicted octanol–water partition coefficient (Wildman–Crippen LogP) is 3.94. The van der Waals surface area contributed by atoms with Crippen molar-refractivity contribution in [3.8, 4) is 0 Å². The fourth-order valence-corrected chi connectivity index (χ4v) is 5.38. The van der Waals surface area contributed by atoms with E-state index in [9.17, 15) is 9.59 Å². The molecule has 188 valence electrons. The van der Waals surface area contributed by atoms with E-state index in [0.29, 0.717) is 12.5 Å². The summed E-state index contributed by atoms with van der Waals surface area (Å²) in [5.41, 5.74) is 10.3. The van der Waals surface area contributed by atoms with E-state index < -0.39 is 0 Å². The van der Waals surface area contributed by atoms with Gasteiger partial charge in [0.05, 0.1) is 0 Å². The Morgan fingerprint density at radius 1 is 1.17 bits per heavy atom. The molecule has 2 aliphatic heterocycles. The molecule has 1 saturated heterocycles. The third-order valence-electron chi connectivity index (χ3n) is 7.58. The van der Waals surface area contributed by atoms with E-state index in [1.807, 2.05) is 28.1 Å². The fourth-order valence-electron chi connectivity index (χ4n) is 5.38. The minimum atomic E-state index is 0.115. The molecule has 1 fully saturated rings. The van der Waals surface area contributed by atoms with Gasteiger partial charge >= 0.3 is 0 Å². The first kappa shape index (κ1) is 25.2. The number of unbranched alkanes of at least 4 members (excludes halogenated alkanes) is 1. The molecule has 1 aromatic carbocycles. The lowest BCUT2D eigenvalue weighted by molar-refractivity contribution is -0.129. The highest BCUT2D eigenvalue weighted by Crippen LogP contribution is 2.32. The Labute approximate surface area is 209 Å². The average Bonchev–Trinajstić information content (AvgIpc) is 2.88. The fraction of sp³-hybridized carbons (Fsp3) is 0.536. The summed E-state index contributed by atoms with van der Waals surface area (Å²) in [6.07, 6.45) is 7.66. The number of piperidine rings is 1. The van der Waals surface area contributed by atoms with Crippen molar-refractivity contribution in [1.29, 1.82) is 0 Å². The number of benzene rings is 1. The van der Waals surface area contributed by atoms with Crippen LogP contribution < -0.4 is 11.1 Å². The zero-order valence-electron chi connectivity index (χ0n) is 21.1. The van der Waals surface area contributed by atoms with Gasteiger partial charge in [-0.25, -0.2) is 4.98 Å². The molecule has 0 spiro atoms. The van der Waals surface area contributed by atoms with Crippen LogP contribution in [0.15, 0.2) is 36.5 Å². The Morgan fingerprint density at radius 2 is 1.91 bits per heavy atom. The number of carbonyl (C=O) groups is 2. The molecule has 0 bridgehead atoms. The van der Waals surface area contributed by atoms with Crippen molar-refractivity contribution >= 4 is 17.6 Å². The van der Waals surface area contributed by atoms with Crippen LogP contribution in [-0.4, -0.2) is 58.8 Å². The average molecular weight is 478 g/mol. The van der Waals surface area contributed by atoms with Gasteiger partial charge in [0.25, 0.3) is 5.91 Å². The SMILES string of the molecule is CCC1CN(CCCCc2ccccc2CN)C(=O)c2cc(NC3CCN(C(C)=O)CC3)ncc21. The summed E-state index contributed by atoms with van der Waals surface area (Å²) < 4.78 is 0. The van der Waals surface area contributed by atoms with Gasteiger partial charge in [0.1, 0.15) is 5.82 Å². The van der Waals surface area contributed by atoms with Gasteiger partial charge < -0.3 is 20.9 Å². The van der Waals surface area contributed by atoms with Gasteiger partial charge in [0, 0.05) is 63.4 Å². The number of nitrogens with two attached hydrogens (primary N) is 1. The summed E-state index contributed by atoms with van der Waals surface area (Å²) in [6, 6.07) is 10.6. The van der Waals surface area contributed by atoms with E-state index in [1.54, 1.807) is 6.92 Å². The minimum absolute atomic E-state index is 0.115. The molecule has 4 rings (SSSR count). The molecule has 0 aliphatic carbocycles. The number of amides is 2. The smallest absolute Gasteiger partial charge is 0.254 e. The Bertz CT molecular complexity index is 1030. The normalized spacial score (nSPS) is 18.5. The first-order valence-corrected chi connectivity index (χ1v) is 13.1. The van der Waals surface area contributed by atoms with Crippen molar-refractivity contribution in [3.05, 3.63) is 58.8 Å². The third-order valence-corrected chi connectivity index (χ3v) is 7.58. The molecule has 1 atom stereocenters. The van der Waals surface area contributed by atoms with Crippen LogP contribution in [-0.2, 0) is 17.8 Å². The molecule has 35 heavy (non-hydrogen) atoms. The van der Waals surface area contributed by atoms with Gasteiger partial charge in [0.2, 0.25) is 5.91 Å². The highest BCUT2D eigenvalue weighted by molar-refractivity contribution is 5.97. The van der Waals surface area contributed by atoms with E-state index in [4.69, 9.17) is 5.73 Å². The van der Waals surface area contributed by atoms with Crippen molar-refractivity contribution in [2.45, 2.75) is 70.9 Å². The van der Waals surface area contributed by atoms with Crippen molar-refractivity contribution < 1.29 is 9.59 Å². The summed E-state index contributed by atoms with van der Waals surface area (Å²) in [5.74, 6) is 1.33. The van der Waals surface area contributed by atoms with E-state index in [-0.39, 0.29) is 17.9 Å². The van der Waals surface area contributed by atoms with E-state index in [0.717, 1.165) is 81.6 Å². The molecule has 3 heterocycles. The highest BCUT2D eigenvalue weighted by atomic mass is 16.2. The maximum atomic E-state index is 13.4. The first-order valence-electron chi connectivity index (χ1n) is 13.1. The molecule has 0 saturated carbocycles. The van der Waals surface area contributed by atoms with Crippen molar-refractivity contribution in [3.63, 3.8) is 0 Å². The maximum absolute atomic E-state index is 13.4. The van der Waals surface area contributed by atoms with Crippen molar-refractivity contribution in [1.82, 2.24) is 14.8 Å². The molecule has 0 radical (unpaired) electrons. The van der Waals surface area contributed by atoms with Gasteiger partial charge in [-0.1, -0.05) is 31.2 Å². The van der Waals surface area contributed by atoms with Crippen molar-refractivity contribution in [2.24, 2.45) is 5.73 Å². The number of rotatable bonds is 9. The standard InChI is InChI=1S/C28H39N5O2/c1-3-21-19-33(13-7-6-9-22-8-4-5-10-23(22)17-29)28(35)25-16-27(30-18-26(21)25)31-24-11-14-32(15-12-24)20(2)34/h4-5,8,10,16,18,21,24H,3,6-7,9,11-15,17,19,29H2,1-2H3,(H,30,31). The zero-order chi connectivity index (χ0) is 24.8. The summed E-state index contributed by atoms with van der Waals surface area (Å²) in [7, 11) is 0. The highest BCUT2D eigenvalue weighted by Gasteiger charge is 2.31. The molecular formula is C28H39N5O2. The number of aromatic nitrogens is 1. The molecule has 2 aliphatic rings. The monoisotopic (exact) mass is 477 g/mol. The van der Waals surface area contributed by atoms with Gasteiger partial charge in [-0.15, -0.1) is 0 Å². The molecule has 7 nitrogen and oxygen atoms in total. The first-order chi connectivity index (χ1) is 17.0. The van der Waals surface area contributed by atoms with Crippen molar-refractivity contribution in [2.75, 3.05) is 31.5 Å². The summed E-state index contributed by atoms with van der Waals surface area (Å²) in [6.45, 7) is 7.43. The molecular weight excluding hydrogens is 438 g/mol. The summed E-state index contributed by atoms with van der Waals surface area (Å²) in [4.78, 5) is 33.6. The molecule has 1 unspecified atom stereocenters. The number of nitrogens with one attached hydrogen (secondary N) is 1. The number of likely N-dealkylation sites (tertiary alicyclic amines) is 1. The van der Waals surface area contributed by atoms with Crippen LogP contribution in [0.2, 0.25) is 0 Å². The van der Waals surface area contributed by atoms with Crippen LogP contribution in [0.3, 0.4) is 0 Å². The van der Waals surface area contributed by atoms with Crippen LogP contribution in [0.5, 0.6) is 0 Å². The lowest BCUT2D eigenvalue weighted by Gasteiger charge is -2.35. The second-order valence-corrected chi connectivity index (χ2v) is 9.87. The second-order valence-electron chi connectivity index (χ2n) is 9.87.